The zero-order valence-electron chi connectivity index (χ0n) is 16.8. The van der Waals surface area contributed by atoms with E-state index in [0.717, 1.165) is 49.0 Å². The summed E-state index contributed by atoms with van der Waals surface area (Å²) in [6.07, 6.45) is 4.15. The van der Waals surface area contributed by atoms with Gasteiger partial charge in [-0.2, -0.15) is 0 Å². The first-order valence-electron chi connectivity index (χ1n) is 10.1. The fraction of sp³-hybridized carbons (Fsp3) is 0.650. The Hall–Kier alpha value is -1.09. The maximum atomic E-state index is 12.7. The Morgan fingerprint density at radius 2 is 2.00 bits per heavy atom. The predicted molar refractivity (Wildman–Crippen MR) is 114 cm³/mol. The Morgan fingerprint density at radius 3 is 2.71 bits per heavy atom. The lowest BCUT2D eigenvalue weighted by Crippen LogP contribution is -2.35. The molecule has 0 aliphatic carbocycles. The summed E-state index contributed by atoms with van der Waals surface area (Å²) >= 11 is 1.67. The minimum absolute atomic E-state index is 0.0536. The van der Waals surface area contributed by atoms with Crippen molar-refractivity contribution in [3.63, 3.8) is 0 Å². The van der Waals surface area contributed by atoms with E-state index in [0.29, 0.717) is 18.8 Å². The molecule has 0 saturated carbocycles. The van der Waals surface area contributed by atoms with Gasteiger partial charge in [-0.3, -0.25) is 4.79 Å². The molecule has 6 nitrogen and oxygen atoms in total. The third kappa shape index (κ3) is 5.49. The molecule has 28 heavy (non-hydrogen) atoms. The maximum absolute atomic E-state index is 12.7. The topological polar surface area (TPSA) is 69.7 Å². The number of likely N-dealkylation sites (tertiary alicyclic amines) is 1. The second-order valence-electron chi connectivity index (χ2n) is 7.78. The summed E-state index contributed by atoms with van der Waals surface area (Å²) in [5.41, 5.74) is 0.709. The summed E-state index contributed by atoms with van der Waals surface area (Å²) in [4.78, 5) is 17.3. The number of sulfonamides is 1. The number of anilines is 1. The van der Waals surface area contributed by atoms with E-state index in [9.17, 15) is 13.2 Å². The molecule has 1 N–H and O–H groups in total. The normalized spacial score (nSPS) is 19.3. The van der Waals surface area contributed by atoms with E-state index in [4.69, 9.17) is 0 Å². The van der Waals surface area contributed by atoms with Gasteiger partial charge in [-0.25, -0.2) is 13.1 Å². The molecule has 0 aromatic heterocycles. The Kier molecular flexibility index (Phi) is 7.42. The molecule has 1 aromatic carbocycles. The minimum atomic E-state index is -3.58. The predicted octanol–water partition coefficient (Wildman–Crippen LogP) is 2.94. The van der Waals surface area contributed by atoms with Crippen LogP contribution in [0.25, 0.3) is 0 Å². The second kappa shape index (κ2) is 9.61. The molecule has 0 unspecified atom stereocenters. The van der Waals surface area contributed by atoms with Gasteiger partial charge in [0.15, 0.2) is 0 Å². The number of nitrogens with zero attached hydrogens (tertiary/aromatic N) is 2. The summed E-state index contributed by atoms with van der Waals surface area (Å²) in [6.45, 7) is 8.01. The van der Waals surface area contributed by atoms with Gasteiger partial charge in [0.25, 0.3) is 0 Å². The third-order valence-electron chi connectivity index (χ3n) is 5.51. The first-order chi connectivity index (χ1) is 13.4. The molecule has 2 aliphatic rings. The van der Waals surface area contributed by atoms with Crippen molar-refractivity contribution < 1.29 is 13.2 Å². The highest BCUT2D eigenvalue weighted by Crippen LogP contribution is 2.35. The summed E-state index contributed by atoms with van der Waals surface area (Å²) in [6, 6.07) is 5.11. The number of fused-ring (bicyclic) bond motifs is 1. The molecule has 156 valence electrons. The average molecular weight is 426 g/mol. The maximum Gasteiger partial charge on any atom is 0.240 e. The summed E-state index contributed by atoms with van der Waals surface area (Å²) < 4.78 is 28.2. The zero-order chi connectivity index (χ0) is 20.1. The van der Waals surface area contributed by atoms with Gasteiger partial charge in [0.05, 0.1) is 10.6 Å². The van der Waals surface area contributed by atoms with Gasteiger partial charge in [-0.15, -0.1) is 11.8 Å². The Balaban J connectivity index is 1.61. The first kappa shape index (κ1) is 21.6. The molecule has 0 radical (unpaired) electrons. The zero-order valence-corrected chi connectivity index (χ0v) is 18.4. The van der Waals surface area contributed by atoms with Crippen LogP contribution in [0.4, 0.5) is 5.69 Å². The first-order valence-corrected chi connectivity index (χ1v) is 12.6. The molecular weight excluding hydrogens is 394 g/mol. The lowest BCUT2D eigenvalue weighted by molar-refractivity contribution is -0.116. The van der Waals surface area contributed by atoms with E-state index in [1.54, 1.807) is 28.8 Å². The van der Waals surface area contributed by atoms with Gasteiger partial charge < -0.3 is 9.80 Å². The molecule has 1 saturated heterocycles. The van der Waals surface area contributed by atoms with Gasteiger partial charge in [0.2, 0.25) is 15.9 Å². The molecule has 1 aromatic rings. The number of hydrogen-bond acceptors (Lipinski definition) is 5. The molecule has 1 fully saturated rings. The van der Waals surface area contributed by atoms with Gasteiger partial charge in [-0.05, 0) is 75.2 Å². The Morgan fingerprint density at radius 1 is 1.25 bits per heavy atom. The van der Waals surface area contributed by atoms with E-state index in [1.165, 1.54) is 19.8 Å². The molecule has 0 bridgehead atoms. The van der Waals surface area contributed by atoms with Crippen LogP contribution >= 0.6 is 11.8 Å². The Labute approximate surface area is 173 Å². The van der Waals surface area contributed by atoms with Crippen LogP contribution in [-0.2, 0) is 14.8 Å². The van der Waals surface area contributed by atoms with E-state index >= 15 is 0 Å². The number of piperidine rings is 1. The van der Waals surface area contributed by atoms with Gasteiger partial charge >= 0.3 is 0 Å². The van der Waals surface area contributed by atoms with Crippen LogP contribution in [0.3, 0.4) is 0 Å². The standard InChI is InChI=1S/C20H31N3O3S2/c1-16-7-12-22(13-8-16)10-3-9-21-28(25,26)18-5-6-20-19(15-18)23(17(2)24)11-4-14-27-20/h5-6,15-16,21H,3-4,7-14H2,1-2H3. The number of nitrogens with one attached hydrogen (secondary N) is 1. The van der Waals surface area contributed by atoms with E-state index in [-0.39, 0.29) is 10.8 Å². The number of carbonyl (C=O) groups is 1. The monoisotopic (exact) mass is 425 g/mol. The number of rotatable bonds is 6. The third-order valence-corrected chi connectivity index (χ3v) is 8.12. The van der Waals surface area contributed by atoms with Crippen molar-refractivity contribution in [2.24, 2.45) is 5.92 Å². The highest BCUT2D eigenvalue weighted by Gasteiger charge is 2.23. The summed E-state index contributed by atoms with van der Waals surface area (Å²) in [7, 11) is -3.58. The lowest BCUT2D eigenvalue weighted by Gasteiger charge is -2.30. The molecule has 0 spiro atoms. The molecule has 2 aliphatic heterocycles. The van der Waals surface area contributed by atoms with Gasteiger partial charge in [0, 0.05) is 24.9 Å². The number of thioether (sulfide) groups is 1. The molecule has 0 atom stereocenters. The lowest BCUT2D eigenvalue weighted by atomic mass is 9.99. The minimum Gasteiger partial charge on any atom is -0.311 e. The molecule has 2 heterocycles. The van der Waals surface area contributed by atoms with Crippen molar-refractivity contribution >= 4 is 33.4 Å². The number of benzene rings is 1. The number of hydrogen-bond donors (Lipinski definition) is 1. The van der Waals surface area contributed by atoms with E-state index in [2.05, 4.69) is 16.5 Å². The van der Waals surface area contributed by atoms with E-state index in [1.807, 2.05) is 6.07 Å². The molecule has 1 amide bonds. The van der Waals surface area contributed by atoms with Crippen molar-refractivity contribution in [1.82, 2.24) is 9.62 Å². The summed E-state index contributed by atoms with van der Waals surface area (Å²) in [5, 5.41) is 0. The van der Waals surface area contributed by atoms with Crippen LogP contribution in [0, 0.1) is 5.92 Å². The van der Waals surface area contributed by atoms with E-state index < -0.39 is 10.0 Å². The average Bonchev–Trinajstić information content (AvgIpc) is 2.88. The SMILES string of the molecule is CC(=O)N1CCCSc2ccc(S(=O)(=O)NCCCN3CCC(C)CC3)cc21. The fourth-order valence-electron chi connectivity index (χ4n) is 3.73. The van der Waals surface area contributed by atoms with Crippen LogP contribution in [0.1, 0.15) is 39.5 Å². The largest absolute Gasteiger partial charge is 0.311 e. The van der Waals surface area contributed by atoms with Crippen molar-refractivity contribution in [1.29, 1.82) is 0 Å². The van der Waals surface area contributed by atoms with Crippen LogP contribution in [0.2, 0.25) is 0 Å². The highest BCUT2D eigenvalue weighted by atomic mass is 32.2. The second-order valence-corrected chi connectivity index (χ2v) is 10.7. The van der Waals surface area contributed by atoms with Crippen LogP contribution in [0.5, 0.6) is 0 Å². The van der Waals surface area contributed by atoms with Crippen molar-refractivity contribution in [2.45, 2.75) is 49.3 Å². The number of carbonyl (C=O) groups excluding carboxylic acids is 1. The van der Waals surface area contributed by atoms with Crippen molar-refractivity contribution in [3.8, 4) is 0 Å². The van der Waals surface area contributed by atoms with Gasteiger partial charge in [0.1, 0.15) is 0 Å². The van der Waals surface area contributed by atoms with Crippen LogP contribution in [0.15, 0.2) is 28.0 Å². The smallest absolute Gasteiger partial charge is 0.240 e. The van der Waals surface area contributed by atoms with Crippen molar-refractivity contribution in [2.75, 3.05) is 43.4 Å². The molecular formula is C20H31N3O3S2. The number of amides is 1. The highest BCUT2D eigenvalue weighted by molar-refractivity contribution is 7.99. The van der Waals surface area contributed by atoms with Crippen molar-refractivity contribution in [3.05, 3.63) is 18.2 Å². The summed E-state index contributed by atoms with van der Waals surface area (Å²) in [5.74, 6) is 1.67. The van der Waals surface area contributed by atoms with Crippen LogP contribution in [-0.4, -0.2) is 57.7 Å². The Bertz CT molecular complexity index is 790. The van der Waals surface area contributed by atoms with Gasteiger partial charge in [-0.1, -0.05) is 6.92 Å². The fourth-order valence-corrected chi connectivity index (χ4v) is 5.80. The molecule has 3 rings (SSSR count). The quantitative estimate of drug-likeness (QED) is 0.710. The van der Waals surface area contributed by atoms with Crippen LogP contribution < -0.4 is 9.62 Å². The molecule has 8 heteroatoms.